The van der Waals surface area contributed by atoms with Crippen LogP contribution in [0.5, 0.6) is 0 Å². The molecule has 0 saturated carbocycles. The lowest BCUT2D eigenvalue weighted by Gasteiger charge is -2.32. The number of likely N-dealkylation sites (tertiary alicyclic amines) is 2. The normalized spacial score (nSPS) is 21.8. The van der Waals surface area contributed by atoms with Crippen LogP contribution in [-0.4, -0.2) is 48.0 Å². The van der Waals surface area contributed by atoms with Gasteiger partial charge in [-0.15, -0.1) is 0 Å². The number of carbonyl (C=O) groups is 2. The van der Waals surface area contributed by atoms with Crippen molar-refractivity contribution in [2.75, 3.05) is 26.2 Å². The zero-order valence-corrected chi connectivity index (χ0v) is 14.3. The average molecular weight is 330 g/mol. The van der Waals surface area contributed by atoms with Gasteiger partial charge >= 0.3 is 6.09 Å². The van der Waals surface area contributed by atoms with E-state index in [1.807, 2.05) is 35.2 Å². The minimum atomic E-state index is -0.278. The first kappa shape index (κ1) is 16.8. The van der Waals surface area contributed by atoms with Crippen LogP contribution in [0.2, 0.25) is 0 Å². The first-order valence-corrected chi connectivity index (χ1v) is 8.88. The van der Waals surface area contributed by atoms with E-state index in [1.165, 1.54) is 0 Å². The molecule has 2 aliphatic rings. The lowest BCUT2D eigenvalue weighted by atomic mass is 9.95. The van der Waals surface area contributed by atoms with Crippen LogP contribution in [0.3, 0.4) is 0 Å². The molecule has 0 radical (unpaired) electrons. The monoisotopic (exact) mass is 330 g/mol. The number of benzene rings is 1. The second kappa shape index (κ2) is 7.69. The van der Waals surface area contributed by atoms with Crippen molar-refractivity contribution in [1.29, 1.82) is 0 Å². The maximum Gasteiger partial charge on any atom is 0.410 e. The van der Waals surface area contributed by atoms with Crippen molar-refractivity contribution in [2.45, 2.75) is 32.8 Å². The summed E-state index contributed by atoms with van der Waals surface area (Å²) >= 11 is 0. The molecule has 2 amide bonds. The Hall–Kier alpha value is -2.04. The maximum absolute atomic E-state index is 12.5. The van der Waals surface area contributed by atoms with Gasteiger partial charge in [0.15, 0.2) is 0 Å². The third-order valence-electron chi connectivity index (χ3n) is 5.04. The van der Waals surface area contributed by atoms with Gasteiger partial charge in [-0.25, -0.2) is 4.79 Å². The summed E-state index contributed by atoms with van der Waals surface area (Å²) in [6, 6.07) is 9.68. The van der Waals surface area contributed by atoms with Crippen molar-refractivity contribution in [2.24, 2.45) is 11.8 Å². The van der Waals surface area contributed by atoms with Crippen LogP contribution in [0.15, 0.2) is 30.3 Å². The molecule has 5 nitrogen and oxygen atoms in total. The lowest BCUT2D eigenvalue weighted by molar-refractivity contribution is -0.136. The minimum Gasteiger partial charge on any atom is -0.445 e. The molecule has 1 atom stereocenters. The zero-order chi connectivity index (χ0) is 16.9. The Balaban J connectivity index is 1.43. The molecule has 24 heavy (non-hydrogen) atoms. The highest BCUT2D eigenvalue weighted by atomic mass is 16.6. The van der Waals surface area contributed by atoms with E-state index in [1.54, 1.807) is 4.90 Å². The van der Waals surface area contributed by atoms with Crippen LogP contribution in [0, 0.1) is 11.8 Å². The molecular weight excluding hydrogens is 304 g/mol. The van der Waals surface area contributed by atoms with Gasteiger partial charge in [0.25, 0.3) is 0 Å². The molecule has 0 bridgehead atoms. The number of hydrogen-bond donors (Lipinski definition) is 0. The van der Waals surface area contributed by atoms with Gasteiger partial charge in [-0.1, -0.05) is 37.3 Å². The zero-order valence-electron chi connectivity index (χ0n) is 14.3. The molecule has 1 aromatic rings. The van der Waals surface area contributed by atoms with Crippen LogP contribution in [0.1, 0.15) is 31.7 Å². The third kappa shape index (κ3) is 4.08. The molecule has 2 fully saturated rings. The minimum absolute atomic E-state index is 0.0634. The predicted octanol–water partition coefficient (Wildman–Crippen LogP) is 2.90. The number of ether oxygens (including phenoxy) is 1. The van der Waals surface area contributed by atoms with Crippen molar-refractivity contribution in [3.8, 4) is 0 Å². The van der Waals surface area contributed by atoms with Crippen LogP contribution < -0.4 is 0 Å². The molecule has 0 aromatic heterocycles. The highest BCUT2D eigenvalue weighted by Gasteiger charge is 2.33. The largest absolute Gasteiger partial charge is 0.445 e. The molecule has 5 heteroatoms. The summed E-state index contributed by atoms with van der Waals surface area (Å²) in [4.78, 5) is 28.4. The highest BCUT2D eigenvalue weighted by Crippen LogP contribution is 2.24. The number of hydrogen-bond acceptors (Lipinski definition) is 3. The number of carbonyl (C=O) groups excluding carboxylic acids is 2. The summed E-state index contributed by atoms with van der Waals surface area (Å²) in [6.07, 6.45) is 2.31. The van der Waals surface area contributed by atoms with E-state index in [0.29, 0.717) is 25.6 Å². The molecule has 0 aliphatic carbocycles. The van der Waals surface area contributed by atoms with Gasteiger partial charge in [-0.3, -0.25) is 4.79 Å². The molecule has 130 valence electrons. The standard InChI is InChI=1S/C19H26N2O3/c1-15-7-10-21(13-15)18(22)17-8-11-20(12-9-17)19(23)24-14-16-5-3-2-4-6-16/h2-6,15,17H,7-14H2,1H3/t15-/m0/s1. The van der Waals surface area contributed by atoms with E-state index in [4.69, 9.17) is 4.74 Å². The number of piperidine rings is 1. The fraction of sp³-hybridized carbons (Fsp3) is 0.579. The highest BCUT2D eigenvalue weighted by molar-refractivity contribution is 5.79. The Bertz CT molecular complexity index is 567. The molecular formula is C19H26N2O3. The van der Waals surface area contributed by atoms with Gasteiger partial charge in [-0.2, -0.15) is 0 Å². The van der Waals surface area contributed by atoms with Crippen LogP contribution in [0.4, 0.5) is 4.79 Å². The predicted molar refractivity (Wildman–Crippen MR) is 91.3 cm³/mol. The second-order valence-electron chi connectivity index (χ2n) is 6.98. The van der Waals surface area contributed by atoms with Crippen molar-refractivity contribution >= 4 is 12.0 Å². The fourth-order valence-corrected chi connectivity index (χ4v) is 3.51. The summed E-state index contributed by atoms with van der Waals surface area (Å²) in [5.41, 5.74) is 0.985. The summed E-state index contributed by atoms with van der Waals surface area (Å²) in [7, 11) is 0. The molecule has 0 spiro atoms. The summed E-state index contributed by atoms with van der Waals surface area (Å²) in [6.45, 7) is 5.47. The maximum atomic E-state index is 12.5. The Morgan fingerprint density at radius 1 is 1.04 bits per heavy atom. The topological polar surface area (TPSA) is 49.9 Å². The molecule has 2 saturated heterocycles. The number of amides is 2. The van der Waals surface area contributed by atoms with Gasteiger partial charge < -0.3 is 14.5 Å². The number of nitrogens with zero attached hydrogens (tertiary/aromatic N) is 2. The Morgan fingerprint density at radius 3 is 2.33 bits per heavy atom. The summed E-state index contributed by atoms with van der Waals surface area (Å²) in [5.74, 6) is 0.951. The molecule has 2 heterocycles. The van der Waals surface area contributed by atoms with Crippen molar-refractivity contribution in [3.63, 3.8) is 0 Å². The summed E-state index contributed by atoms with van der Waals surface area (Å²) in [5, 5.41) is 0. The van der Waals surface area contributed by atoms with Gasteiger partial charge in [0.2, 0.25) is 5.91 Å². The molecule has 0 unspecified atom stereocenters. The van der Waals surface area contributed by atoms with Crippen LogP contribution >= 0.6 is 0 Å². The van der Waals surface area contributed by atoms with E-state index in [9.17, 15) is 9.59 Å². The first-order valence-electron chi connectivity index (χ1n) is 8.88. The SMILES string of the molecule is C[C@H]1CCN(C(=O)C2CCN(C(=O)OCc3ccccc3)CC2)C1. The van der Waals surface area contributed by atoms with Crippen molar-refractivity contribution in [1.82, 2.24) is 9.80 Å². The Morgan fingerprint density at radius 2 is 1.71 bits per heavy atom. The van der Waals surface area contributed by atoms with Crippen LogP contribution in [-0.2, 0) is 16.1 Å². The third-order valence-corrected chi connectivity index (χ3v) is 5.04. The first-order chi connectivity index (χ1) is 11.6. The average Bonchev–Trinajstić information content (AvgIpc) is 3.06. The van der Waals surface area contributed by atoms with E-state index in [0.717, 1.165) is 37.9 Å². The van der Waals surface area contributed by atoms with E-state index >= 15 is 0 Å². The molecule has 3 rings (SSSR count). The van der Waals surface area contributed by atoms with Crippen molar-refractivity contribution in [3.05, 3.63) is 35.9 Å². The van der Waals surface area contributed by atoms with E-state index in [-0.39, 0.29) is 17.9 Å². The van der Waals surface area contributed by atoms with Crippen molar-refractivity contribution < 1.29 is 14.3 Å². The number of rotatable bonds is 3. The van der Waals surface area contributed by atoms with Crippen LogP contribution in [0.25, 0.3) is 0 Å². The molecule has 1 aromatic carbocycles. The lowest BCUT2D eigenvalue weighted by Crippen LogP contribution is -2.44. The Labute approximate surface area is 143 Å². The fourth-order valence-electron chi connectivity index (χ4n) is 3.51. The van der Waals surface area contributed by atoms with Gasteiger partial charge in [-0.05, 0) is 30.7 Å². The summed E-state index contributed by atoms with van der Waals surface area (Å²) < 4.78 is 5.37. The van der Waals surface area contributed by atoms with Gasteiger partial charge in [0.05, 0.1) is 0 Å². The van der Waals surface area contributed by atoms with E-state index in [2.05, 4.69) is 6.92 Å². The molecule has 0 N–H and O–H groups in total. The quantitative estimate of drug-likeness (QED) is 0.856. The smallest absolute Gasteiger partial charge is 0.410 e. The van der Waals surface area contributed by atoms with Gasteiger partial charge in [0, 0.05) is 32.1 Å². The van der Waals surface area contributed by atoms with Gasteiger partial charge in [0.1, 0.15) is 6.61 Å². The second-order valence-corrected chi connectivity index (χ2v) is 6.98. The molecule has 2 aliphatic heterocycles. The Kier molecular flexibility index (Phi) is 5.38. The van der Waals surface area contributed by atoms with E-state index < -0.39 is 0 Å².